The second kappa shape index (κ2) is 7.74. The van der Waals surface area contributed by atoms with Gasteiger partial charge in [0, 0.05) is 5.02 Å². The van der Waals surface area contributed by atoms with E-state index in [0.717, 1.165) is 16.5 Å². The molecule has 4 nitrogen and oxygen atoms in total. The highest BCUT2D eigenvalue weighted by Gasteiger charge is 2.34. The van der Waals surface area contributed by atoms with Gasteiger partial charge in [0.2, 0.25) is 0 Å². The molecule has 11 heteroatoms. The van der Waals surface area contributed by atoms with E-state index in [1.165, 1.54) is 24.3 Å². The van der Waals surface area contributed by atoms with Crippen LogP contribution in [0.3, 0.4) is 0 Å². The summed E-state index contributed by atoms with van der Waals surface area (Å²) in [6.45, 7) is 0.0639. The van der Waals surface area contributed by atoms with Crippen LogP contribution in [-0.2, 0) is 16.2 Å². The average Bonchev–Trinajstić information content (AvgIpc) is 2.63. The topological polar surface area (TPSA) is 49.7 Å². The van der Waals surface area contributed by atoms with Gasteiger partial charge in [-0.3, -0.25) is 0 Å². The summed E-state index contributed by atoms with van der Waals surface area (Å²) in [7, 11) is -4.12. The van der Waals surface area contributed by atoms with Crippen molar-refractivity contribution in [2.24, 2.45) is 5.10 Å². The number of benzene rings is 2. The van der Waals surface area contributed by atoms with Gasteiger partial charge in [-0.2, -0.15) is 31.1 Å². The normalized spacial score (nSPS) is 15.5. The van der Waals surface area contributed by atoms with Crippen molar-refractivity contribution in [2.75, 3.05) is 6.54 Å². The second-order valence-electron chi connectivity index (χ2n) is 5.97. The summed E-state index contributed by atoms with van der Waals surface area (Å²) in [6, 6.07) is 7.35. The smallest absolute Gasteiger partial charge is 0.200 e. The first-order valence-corrected chi connectivity index (χ1v) is 10.5. The minimum atomic E-state index is -4.64. The third kappa shape index (κ3) is 4.25. The molecule has 3 rings (SSSR count). The maximum absolute atomic E-state index is 13.1. The molecule has 0 unspecified atom stereocenters. The lowest BCUT2D eigenvalue weighted by Gasteiger charge is -2.25. The summed E-state index contributed by atoms with van der Waals surface area (Å²) in [6.07, 6.45) is -3.95. The maximum atomic E-state index is 13.1. The number of hydrogen-bond acceptors (Lipinski definition) is 3. The van der Waals surface area contributed by atoms with Crippen molar-refractivity contribution in [2.45, 2.75) is 23.9 Å². The Morgan fingerprint density at radius 1 is 1.00 bits per heavy atom. The molecule has 0 aromatic heterocycles. The lowest BCUT2D eigenvalue weighted by atomic mass is 10.0. The molecule has 0 spiro atoms. The molecular formula is C17H12Cl3F3N2O2S. The zero-order valence-corrected chi connectivity index (χ0v) is 17.1. The molecule has 2 aromatic carbocycles. The highest BCUT2D eigenvalue weighted by Crippen LogP contribution is 2.36. The monoisotopic (exact) mass is 470 g/mol. The predicted molar refractivity (Wildman–Crippen MR) is 103 cm³/mol. The number of hydrazone groups is 1. The third-order valence-electron chi connectivity index (χ3n) is 4.05. The van der Waals surface area contributed by atoms with Gasteiger partial charge in [0.1, 0.15) is 4.90 Å². The largest absolute Gasteiger partial charge is 0.417 e. The number of nitrogens with zero attached hydrogens (tertiary/aromatic N) is 2. The van der Waals surface area contributed by atoms with Crippen LogP contribution in [0.25, 0.3) is 0 Å². The van der Waals surface area contributed by atoms with Gasteiger partial charge in [-0.05, 0) is 48.7 Å². The summed E-state index contributed by atoms with van der Waals surface area (Å²) >= 11 is 17.5. The van der Waals surface area contributed by atoms with E-state index in [4.69, 9.17) is 34.8 Å². The van der Waals surface area contributed by atoms with Crippen molar-refractivity contribution in [3.63, 3.8) is 0 Å². The Bertz CT molecular complexity index is 1060. The first kappa shape index (κ1) is 21.2. The summed E-state index contributed by atoms with van der Waals surface area (Å²) in [5.74, 6) is 0. The van der Waals surface area contributed by atoms with Gasteiger partial charge < -0.3 is 0 Å². The van der Waals surface area contributed by atoms with Crippen LogP contribution in [0, 0.1) is 0 Å². The molecule has 0 fully saturated rings. The van der Waals surface area contributed by atoms with E-state index in [9.17, 15) is 21.6 Å². The summed E-state index contributed by atoms with van der Waals surface area (Å²) < 4.78 is 65.9. The molecule has 1 aliphatic rings. The Morgan fingerprint density at radius 3 is 2.36 bits per heavy atom. The van der Waals surface area contributed by atoms with E-state index >= 15 is 0 Å². The van der Waals surface area contributed by atoms with Crippen LogP contribution in [0.4, 0.5) is 13.2 Å². The lowest BCUT2D eigenvalue weighted by Crippen LogP contribution is -2.32. The fraction of sp³-hybridized carbons (Fsp3) is 0.235. The molecule has 0 bridgehead atoms. The van der Waals surface area contributed by atoms with Crippen LogP contribution in [0.15, 0.2) is 46.4 Å². The van der Waals surface area contributed by atoms with Crippen LogP contribution in [0.2, 0.25) is 15.1 Å². The molecular weight excluding hydrogens is 460 g/mol. The Labute approximate surface area is 174 Å². The Balaban J connectivity index is 2.03. The van der Waals surface area contributed by atoms with E-state index in [2.05, 4.69) is 5.10 Å². The van der Waals surface area contributed by atoms with Crippen LogP contribution in [0.1, 0.15) is 24.0 Å². The van der Waals surface area contributed by atoms with Gasteiger partial charge in [0.05, 0.1) is 27.9 Å². The average molecular weight is 472 g/mol. The van der Waals surface area contributed by atoms with E-state index in [1.807, 2.05) is 0 Å². The highest BCUT2D eigenvalue weighted by atomic mass is 35.5. The summed E-state index contributed by atoms with van der Waals surface area (Å²) in [5.41, 5.74) is -0.656. The van der Waals surface area contributed by atoms with Crippen molar-refractivity contribution in [1.29, 1.82) is 0 Å². The van der Waals surface area contributed by atoms with E-state index in [0.29, 0.717) is 12.8 Å². The van der Waals surface area contributed by atoms with Gasteiger partial charge in [0.15, 0.2) is 0 Å². The minimum absolute atomic E-state index is 0.0300. The first-order valence-electron chi connectivity index (χ1n) is 7.92. The number of hydrogen-bond donors (Lipinski definition) is 0. The molecule has 0 atom stereocenters. The van der Waals surface area contributed by atoms with Crippen LogP contribution < -0.4 is 0 Å². The van der Waals surface area contributed by atoms with Crippen molar-refractivity contribution in [3.8, 4) is 0 Å². The molecule has 0 amide bonds. The van der Waals surface area contributed by atoms with Gasteiger partial charge in [0.25, 0.3) is 10.0 Å². The van der Waals surface area contributed by atoms with Crippen LogP contribution >= 0.6 is 34.8 Å². The number of sulfonamides is 1. The standard InChI is InChI=1S/C17H12Cl3F3N2O2S/c18-11-4-6-14(20)16(9-11)28(26,27)25-7-1-2-15(24-25)10-3-5-13(19)12(8-10)17(21,22)23/h3-6,8-9H,1-2,7H2. The quantitative estimate of drug-likeness (QED) is 0.563. The van der Waals surface area contributed by atoms with Crippen LogP contribution in [0.5, 0.6) is 0 Å². The molecule has 0 N–H and O–H groups in total. The van der Waals surface area contributed by atoms with Crippen molar-refractivity contribution < 1.29 is 21.6 Å². The highest BCUT2D eigenvalue weighted by molar-refractivity contribution is 7.89. The SMILES string of the molecule is O=S(=O)(c1cc(Cl)ccc1Cl)N1CCCC(c2ccc(Cl)c(C(F)(F)F)c2)=N1. The van der Waals surface area contributed by atoms with E-state index in [1.54, 1.807) is 0 Å². The second-order valence-corrected chi connectivity index (χ2v) is 9.03. The van der Waals surface area contributed by atoms with Crippen molar-refractivity contribution in [1.82, 2.24) is 4.41 Å². The molecule has 0 radical (unpaired) electrons. The molecule has 1 aliphatic heterocycles. The first-order chi connectivity index (χ1) is 13.0. The fourth-order valence-corrected chi connectivity index (χ4v) is 4.97. The zero-order valence-electron chi connectivity index (χ0n) is 14.0. The van der Waals surface area contributed by atoms with E-state index < -0.39 is 26.8 Å². The third-order valence-corrected chi connectivity index (χ3v) is 6.77. The van der Waals surface area contributed by atoms with Gasteiger partial charge >= 0.3 is 6.18 Å². The number of alkyl halides is 3. The van der Waals surface area contributed by atoms with Gasteiger partial charge in [-0.15, -0.1) is 0 Å². The van der Waals surface area contributed by atoms with Crippen molar-refractivity contribution >= 4 is 50.5 Å². The number of rotatable bonds is 3. The predicted octanol–water partition coefficient (Wildman–Crippen LogP) is 5.85. The fourth-order valence-electron chi connectivity index (χ4n) is 2.70. The Hall–Kier alpha value is -1.48. The van der Waals surface area contributed by atoms with E-state index in [-0.39, 0.29) is 32.8 Å². The van der Waals surface area contributed by atoms with Gasteiger partial charge in [-0.25, -0.2) is 0 Å². The van der Waals surface area contributed by atoms with Crippen LogP contribution in [-0.4, -0.2) is 25.1 Å². The molecule has 0 aliphatic carbocycles. The summed E-state index contributed by atoms with van der Waals surface area (Å²) in [5, 5.41) is 3.78. The maximum Gasteiger partial charge on any atom is 0.417 e. The molecule has 28 heavy (non-hydrogen) atoms. The van der Waals surface area contributed by atoms with Crippen molar-refractivity contribution in [3.05, 3.63) is 62.6 Å². The number of halogens is 6. The molecule has 1 heterocycles. The molecule has 0 saturated heterocycles. The summed E-state index contributed by atoms with van der Waals surface area (Å²) in [4.78, 5) is -0.223. The molecule has 150 valence electrons. The Morgan fingerprint density at radius 2 is 1.68 bits per heavy atom. The van der Waals surface area contributed by atoms with Gasteiger partial charge in [-0.1, -0.05) is 40.9 Å². The molecule has 2 aromatic rings. The molecule has 0 saturated carbocycles. The lowest BCUT2D eigenvalue weighted by molar-refractivity contribution is -0.137. The minimum Gasteiger partial charge on any atom is -0.200 e. The zero-order chi connectivity index (χ0) is 20.7. The Kier molecular flexibility index (Phi) is 5.87.